The minimum atomic E-state index is -0.461. The summed E-state index contributed by atoms with van der Waals surface area (Å²) in [5.74, 6) is 1.33. The van der Waals surface area contributed by atoms with E-state index < -0.39 is 12.1 Å². The number of nitrogens with one attached hydrogen (secondary N) is 3. The molecule has 2 fully saturated rings. The molecule has 0 bridgehead atoms. The summed E-state index contributed by atoms with van der Waals surface area (Å²) in [6.45, 7) is 12.2. The van der Waals surface area contributed by atoms with Crippen LogP contribution >= 0.6 is 12.2 Å². The van der Waals surface area contributed by atoms with Crippen LogP contribution < -0.4 is 16.4 Å². The van der Waals surface area contributed by atoms with Gasteiger partial charge in [0, 0.05) is 19.0 Å². The number of likely N-dealkylation sites (tertiary alicyclic amines) is 1. The van der Waals surface area contributed by atoms with Crippen LogP contribution in [0.2, 0.25) is 0 Å². The molecule has 0 spiro atoms. The van der Waals surface area contributed by atoms with Crippen LogP contribution in [0.15, 0.2) is 0 Å². The Hall–Kier alpha value is -1.90. The molecule has 0 aromatic rings. The Morgan fingerprint density at radius 2 is 1.86 bits per heavy atom. The van der Waals surface area contributed by atoms with Gasteiger partial charge in [-0.2, -0.15) is 0 Å². The summed E-state index contributed by atoms with van der Waals surface area (Å²) >= 11 is 5.95. The first kappa shape index (κ1) is 29.3. The zero-order valence-electron chi connectivity index (χ0n) is 22.3. The third kappa shape index (κ3) is 8.62. The average Bonchev–Trinajstić information content (AvgIpc) is 3.28. The number of nitrogens with two attached hydrogens (primary N) is 1. The molecule has 0 aromatic carbocycles. The molecule has 2 amide bonds. The zero-order valence-corrected chi connectivity index (χ0v) is 23.1. The number of carbonyl (C=O) groups excluding carboxylic acids is 2. The lowest BCUT2D eigenvalue weighted by Crippen LogP contribution is -2.58. The van der Waals surface area contributed by atoms with Gasteiger partial charge >= 0.3 is 6.09 Å². The van der Waals surface area contributed by atoms with Gasteiger partial charge in [-0.1, -0.05) is 46.8 Å². The number of amidine groups is 1. The number of carbonyl (C=O) groups is 2. The standard InChI is InChI=1S/C26H47N5O3S/c1-6-14-34-25(33)30-21(26(4,5)15-17(2)3)24(35)31-13-7-8-20(31)23(32)29-16-18-9-11-19(12-10-18)22(27)28/h17-21H,6-16H2,1-5H3,(H3,27,28)(H,29,32)(H,30,33)/t18?,19?,20-,21+/m0/s1. The van der Waals surface area contributed by atoms with Crippen molar-refractivity contribution in [2.75, 3.05) is 19.7 Å². The third-order valence-electron chi connectivity index (χ3n) is 7.35. The van der Waals surface area contributed by atoms with E-state index >= 15 is 0 Å². The van der Waals surface area contributed by atoms with Gasteiger partial charge in [-0.15, -0.1) is 0 Å². The highest BCUT2D eigenvalue weighted by molar-refractivity contribution is 7.80. The molecule has 5 N–H and O–H groups in total. The van der Waals surface area contributed by atoms with Gasteiger partial charge in [-0.25, -0.2) is 4.79 Å². The van der Waals surface area contributed by atoms with Crippen molar-refractivity contribution >= 4 is 35.0 Å². The molecule has 2 atom stereocenters. The molecule has 0 unspecified atom stereocenters. The molecule has 1 heterocycles. The zero-order chi connectivity index (χ0) is 26.2. The first-order chi connectivity index (χ1) is 16.5. The highest BCUT2D eigenvalue weighted by Gasteiger charge is 2.41. The smallest absolute Gasteiger partial charge is 0.407 e. The van der Waals surface area contributed by atoms with Gasteiger partial charge in [-0.3, -0.25) is 10.2 Å². The molecule has 9 heteroatoms. The highest BCUT2D eigenvalue weighted by atomic mass is 32.1. The second-order valence-corrected chi connectivity index (χ2v) is 11.8. The maximum atomic E-state index is 13.2. The van der Waals surface area contributed by atoms with Gasteiger partial charge in [-0.05, 0) is 68.6 Å². The molecule has 8 nitrogen and oxygen atoms in total. The van der Waals surface area contributed by atoms with Crippen molar-refractivity contribution in [2.24, 2.45) is 28.9 Å². The fourth-order valence-corrected chi connectivity index (χ4v) is 6.22. The lowest BCUT2D eigenvalue weighted by molar-refractivity contribution is -0.124. The summed E-state index contributed by atoms with van der Waals surface area (Å²) in [5, 5.41) is 13.8. The molecule has 1 saturated carbocycles. The van der Waals surface area contributed by atoms with E-state index in [1.54, 1.807) is 0 Å². The van der Waals surface area contributed by atoms with Crippen LogP contribution in [0.5, 0.6) is 0 Å². The number of rotatable bonds is 11. The van der Waals surface area contributed by atoms with Crippen LogP contribution in [-0.2, 0) is 9.53 Å². The molecule has 0 radical (unpaired) electrons. The van der Waals surface area contributed by atoms with Gasteiger partial charge in [0.25, 0.3) is 0 Å². The summed E-state index contributed by atoms with van der Waals surface area (Å²) < 4.78 is 5.31. The van der Waals surface area contributed by atoms with E-state index in [2.05, 4.69) is 38.3 Å². The van der Waals surface area contributed by atoms with Gasteiger partial charge in [0.2, 0.25) is 5.91 Å². The first-order valence-electron chi connectivity index (χ1n) is 13.3. The van der Waals surface area contributed by atoms with Crippen LogP contribution in [0, 0.1) is 28.6 Å². The Morgan fingerprint density at radius 3 is 2.43 bits per heavy atom. The maximum Gasteiger partial charge on any atom is 0.407 e. The number of amides is 2. The fourth-order valence-electron chi connectivity index (χ4n) is 5.62. The Labute approximate surface area is 217 Å². The van der Waals surface area contributed by atoms with Crippen molar-refractivity contribution in [3.63, 3.8) is 0 Å². The molecule has 35 heavy (non-hydrogen) atoms. The van der Waals surface area contributed by atoms with Gasteiger partial charge in [0.05, 0.1) is 18.5 Å². The number of hydrogen-bond donors (Lipinski definition) is 4. The SMILES string of the molecule is CCCOC(=O)N[C@H](C(=S)N1CCC[C@H]1C(=O)NCC1CCC(C(=N)N)CC1)C(C)(C)CC(C)C. The predicted molar refractivity (Wildman–Crippen MR) is 144 cm³/mol. The van der Waals surface area contributed by atoms with Crippen molar-refractivity contribution in [3.05, 3.63) is 0 Å². The summed E-state index contributed by atoms with van der Waals surface area (Å²) in [6.07, 6.45) is 6.60. The number of nitrogens with zero attached hydrogens (tertiary/aromatic N) is 1. The van der Waals surface area contributed by atoms with Crippen molar-refractivity contribution in [1.29, 1.82) is 5.41 Å². The summed E-state index contributed by atoms with van der Waals surface area (Å²) in [7, 11) is 0. The lowest BCUT2D eigenvalue weighted by Gasteiger charge is -2.40. The third-order valence-corrected chi connectivity index (χ3v) is 7.82. The second kappa shape index (κ2) is 13.4. The van der Waals surface area contributed by atoms with Crippen LogP contribution in [0.4, 0.5) is 4.79 Å². The minimum absolute atomic E-state index is 0.00696. The quantitative estimate of drug-likeness (QED) is 0.188. The highest BCUT2D eigenvalue weighted by Crippen LogP contribution is 2.33. The second-order valence-electron chi connectivity index (χ2n) is 11.4. The topological polar surface area (TPSA) is 121 Å². The van der Waals surface area contributed by atoms with Crippen LogP contribution in [0.25, 0.3) is 0 Å². The number of ether oxygens (including phenoxy) is 1. The Bertz CT molecular complexity index is 749. The van der Waals surface area contributed by atoms with E-state index in [-0.39, 0.29) is 29.1 Å². The Kier molecular flexibility index (Phi) is 11.2. The summed E-state index contributed by atoms with van der Waals surface area (Å²) in [4.78, 5) is 28.4. The van der Waals surface area contributed by atoms with E-state index in [0.717, 1.165) is 51.4 Å². The van der Waals surface area contributed by atoms with E-state index in [1.165, 1.54) is 0 Å². The summed E-state index contributed by atoms with van der Waals surface area (Å²) in [5.41, 5.74) is 5.36. The van der Waals surface area contributed by atoms with Gasteiger partial charge in [0.15, 0.2) is 0 Å². The normalized spacial score (nSPS) is 23.6. The minimum Gasteiger partial charge on any atom is -0.450 e. The van der Waals surface area contributed by atoms with Crippen LogP contribution in [0.1, 0.15) is 86.0 Å². The number of alkyl carbamates (subject to hydrolysis) is 1. The average molecular weight is 510 g/mol. The number of thiocarbonyl (C=S) groups is 1. The lowest BCUT2D eigenvalue weighted by atomic mass is 9.77. The van der Waals surface area contributed by atoms with Crippen LogP contribution in [0.3, 0.4) is 0 Å². The van der Waals surface area contributed by atoms with E-state index in [0.29, 0.717) is 36.5 Å². The van der Waals surface area contributed by atoms with E-state index in [9.17, 15) is 9.59 Å². The first-order valence-corrected chi connectivity index (χ1v) is 13.7. The molecule has 200 valence electrons. The molecule has 1 saturated heterocycles. The molecule has 1 aliphatic carbocycles. The molecule has 1 aliphatic heterocycles. The Morgan fingerprint density at radius 1 is 1.20 bits per heavy atom. The molecule has 2 rings (SSSR count). The van der Waals surface area contributed by atoms with Crippen LogP contribution in [-0.4, -0.2) is 59.5 Å². The predicted octanol–water partition coefficient (Wildman–Crippen LogP) is 4.21. The maximum absolute atomic E-state index is 13.2. The van der Waals surface area contributed by atoms with Crippen molar-refractivity contribution in [3.8, 4) is 0 Å². The van der Waals surface area contributed by atoms with Gasteiger partial charge in [0.1, 0.15) is 11.0 Å². The largest absolute Gasteiger partial charge is 0.450 e. The van der Waals surface area contributed by atoms with Crippen molar-refractivity contribution in [2.45, 2.75) is 98.1 Å². The van der Waals surface area contributed by atoms with E-state index in [1.807, 2.05) is 11.8 Å². The molecular weight excluding hydrogens is 462 g/mol. The monoisotopic (exact) mass is 509 g/mol. The van der Waals surface area contributed by atoms with Crippen molar-refractivity contribution < 1.29 is 14.3 Å². The van der Waals surface area contributed by atoms with Crippen molar-refractivity contribution in [1.82, 2.24) is 15.5 Å². The van der Waals surface area contributed by atoms with Gasteiger partial charge < -0.3 is 26.0 Å². The Balaban J connectivity index is 2.04. The molecule has 2 aliphatic rings. The van der Waals surface area contributed by atoms with E-state index in [4.69, 9.17) is 28.1 Å². The fraction of sp³-hybridized carbons (Fsp3) is 0.846. The molecular formula is C26H47N5O3S. The number of hydrogen-bond acceptors (Lipinski definition) is 5. The summed E-state index contributed by atoms with van der Waals surface area (Å²) in [6, 6.07) is -0.721. The molecule has 0 aromatic heterocycles.